The fraction of sp³-hybridized carbons (Fsp3) is 0.583. The number of hydrogen-bond donors (Lipinski definition) is 1. The van der Waals surface area contributed by atoms with Crippen LogP contribution < -0.4 is 10.7 Å². The number of rotatable bonds is 1. The molecule has 1 fully saturated rings. The molecule has 16 heavy (non-hydrogen) atoms. The third-order valence-electron chi connectivity index (χ3n) is 3.45. The molecule has 0 unspecified atom stereocenters. The second kappa shape index (κ2) is 4.09. The van der Waals surface area contributed by atoms with E-state index in [1.807, 2.05) is 18.5 Å². The predicted octanol–water partition coefficient (Wildman–Crippen LogP) is 1.68. The zero-order valence-electron chi connectivity index (χ0n) is 9.95. The van der Waals surface area contributed by atoms with E-state index in [1.165, 1.54) is 19.3 Å². The second-order valence-corrected chi connectivity index (χ2v) is 4.41. The molecule has 1 aromatic rings. The first-order valence-corrected chi connectivity index (χ1v) is 5.79. The van der Waals surface area contributed by atoms with Gasteiger partial charge in [0.15, 0.2) is 0 Å². The van der Waals surface area contributed by atoms with Gasteiger partial charge in [0.25, 0.3) is 0 Å². The molecule has 0 saturated carbocycles. The molecule has 2 rings (SSSR count). The summed E-state index contributed by atoms with van der Waals surface area (Å²) in [5.41, 5.74) is 8.77. The first-order chi connectivity index (χ1) is 7.66. The lowest BCUT2D eigenvalue weighted by atomic mass is 10.2. The number of nitrogens with two attached hydrogens (primary N) is 1. The molecule has 0 bridgehead atoms. The summed E-state index contributed by atoms with van der Waals surface area (Å²) in [6, 6.07) is 2.19. The number of nitrogens with zero attached hydrogens (tertiary/aromatic N) is 3. The zero-order valence-corrected chi connectivity index (χ0v) is 9.95. The third kappa shape index (κ3) is 1.53. The molecule has 4 nitrogen and oxygen atoms in total. The first-order valence-electron chi connectivity index (χ1n) is 5.79. The topological polar surface area (TPSA) is 58.0 Å². The molecule has 1 aliphatic rings. The highest BCUT2D eigenvalue weighted by Crippen LogP contribution is 2.25. The second-order valence-electron chi connectivity index (χ2n) is 4.41. The molecule has 1 aliphatic heterocycles. The van der Waals surface area contributed by atoms with Gasteiger partial charge < -0.3 is 10.7 Å². The van der Waals surface area contributed by atoms with Gasteiger partial charge in [0.1, 0.15) is 11.9 Å². The zero-order chi connectivity index (χ0) is 11.7. The van der Waals surface area contributed by atoms with E-state index in [-0.39, 0.29) is 0 Å². The maximum Gasteiger partial charge on any atom is 0.141 e. The Balaban J connectivity index is 2.44. The van der Waals surface area contributed by atoms with Crippen LogP contribution in [-0.2, 0) is 0 Å². The van der Waals surface area contributed by atoms with Gasteiger partial charge in [0, 0.05) is 18.8 Å². The van der Waals surface area contributed by atoms with Crippen LogP contribution in [0.4, 0.5) is 5.82 Å². The van der Waals surface area contributed by atoms with Crippen molar-refractivity contribution in [1.29, 1.82) is 5.26 Å². The number of nitrogen functional groups attached to an aromatic ring is 1. The molecule has 0 atom stereocenters. The number of aromatic nitrogens is 1. The summed E-state index contributed by atoms with van der Waals surface area (Å²) in [5, 5.41) is 11.3. The van der Waals surface area contributed by atoms with Gasteiger partial charge in [-0.1, -0.05) is 0 Å². The predicted molar refractivity (Wildman–Crippen MR) is 64.8 cm³/mol. The number of anilines is 1. The molecule has 0 amide bonds. The molecular formula is C12H18N4. The molecule has 1 aromatic heterocycles. The normalized spacial score (nSPS) is 16.2. The summed E-state index contributed by atoms with van der Waals surface area (Å²) < 4.78 is 2.02. The van der Waals surface area contributed by atoms with Crippen molar-refractivity contribution in [3.8, 4) is 6.07 Å². The highest BCUT2D eigenvalue weighted by molar-refractivity contribution is 5.58. The van der Waals surface area contributed by atoms with E-state index in [0.717, 1.165) is 24.3 Å². The van der Waals surface area contributed by atoms with Crippen molar-refractivity contribution >= 4 is 5.82 Å². The Bertz CT molecular complexity index is 433. The summed E-state index contributed by atoms with van der Waals surface area (Å²) in [6.07, 6.45) is 3.71. The Morgan fingerprint density at radius 3 is 2.31 bits per heavy atom. The fourth-order valence-corrected chi connectivity index (χ4v) is 2.40. The van der Waals surface area contributed by atoms with Crippen molar-refractivity contribution in [3.63, 3.8) is 0 Å². The maximum atomic E-state index is 9.07. The molecule has 0 aromatic carbocycles. The summed E-state index contributed by atoms with van der Waals surface area (Å²) >= 11 is 0. The van der Waals surface area contributed by atoms with E-state index in [1.54, 1.807) is 0 Å². The van der Waals surface area contributed by atoms with Gasteiger partial charge in [-0.05, 0) is 38.7 Å². The van der Waals surface area contributed by atoms with Crippen LogP contribution in [0, 0.1) is 25.2 Å². The highest BCUT2D eigenvalue weighted by Gasteiger charge is 2.20. The molecule has 0 spiro atoms. The van der Waals surface area contributed by atoms with E-state index in [2.05, 4.69) is 11.1 Å². The molecule has 0 aliphatic carbocycles. The van der Waals surface area contributed by atoms with Gasteiger partial charge in [-0.3, -0.25) is 0 Å². The van der Waals surface area contributed by atoms with Crippen molar-refractivity contribution in [2.24, 2.45) is 0 Å². The van der Waals surface area contributed by atoms with Crippen LogP contribution >= 0.6 is 0 Å². The summed E-state index contributed by atoms with van der Waals surface area (Å²) in [6.45, 7) is 6.06. The first kappa shape index (κ1) is 10.9. The molecular weight excluding hydrogens is 200 g/mol. The fourth-order valence-electron chi connectivity index (χ4n) is 2.40. The third-order valence-corrected chi connectivity index (χ3v) is 3.45. The highest BCUT2D eigenvalue weighted by atomic mass is 15.6. The van der Waals surface area contributed by atoms with E-state index in [9.17, 15) is 0 Å². The molecule has 0 radical (unpaired) electrons. The SMILES string of the molecule is Cc1c(C#N)c(N)n(N2CCCCC2)c1C. The average molecular weight is 218 g/mol. The smallest absolute Gasteiger partial charge is 0.141 e. The molecule has 4 heteroatoms. The Labute approximate surface area is 96.2 Å². The van der Waals surface area contributed by atoms with Gasteiger partial charge >= 0.3 is 0 Å². The number of nitriles is 1. The van der Waals surface area contributed by atoms with Gasteiger partial charge in [-0.15, -0.1) is 0 Å². The Kier molecular flexibility index (Phi) is 2.78. The van der Waals surface area contributed by atoms with Crippen LogP contribution in [0.25, 0.3) is 0 Å². The van der Waals surface area contributed by atoms with Gasteiger partial charge in [-0.2, -0.15) is 5.26 Å². The lowest BCUT2D eigenvalue weighted by Gasteiger charge is -2.31. The minimum absolute atomic E-state index is 0.597. The van der Waals surface area contributed by atoms with Gasteiger partial charge in [0.2, 0.25) is 0 Å². The summed E-state index contributed by atoms with van der Waals surface area (Å²) in [4.78, 5) is 0. The van der Waals surface area contributed by atoms with Crippen molar-refractivity contribution in [2.75, 3.05) is 23.8 Å². The minimum Gasteiger partial charge on any atom is -0.383 e. The van der Waals surface area contributed by atoms with Crippen LogP contribution in [0.1, 0.15) is 36.1 Å². The Morgan fingerprint density at radius 2 is 1.81 bits per heavy atom. The van der Waals surface area contributed by atoms with Gasteiger partial charge in [0.05, 0.1) is 5.56 Å². The van der Waals surface area contributed by atoms with E-state index in [4.69, 9.17) is 11.0 Å². The van der Waals surface area contributed by atoms with Crippen molar-refractivity contribution in [3.05, 3.63) is 16.8 Å². The van der Waals surface area contributed by atoms with Crippen LogP contribution in [0.3, 0.4) is 0 Å². The summed E-state index contributed by atoms with van der Waals surface area (Å²) in [5.74, 6) is 0.597. The van der Waals surface area contributed by atoms with Crippen molar-refractivity contribution in [1.82, 2.24) is 4.68 Å². The van der Waals surface area contributed by atoms with E-state index < -0.39 is 0 Å². The average Bonchev–Trinajstić information content (AvgIpc) is 2.51. The largest absolute Gasteiger partial charge is 0.383 e. The Hall–Kier alpha value is -1.63. The minimum atomic E-state index is 0.597. The van der Waals surface area contributed by atoms with E-state index in [0.29, 0.717) is 11.4 Å². The molecule has 2 N–H and O–H groups in total. The molecule has 2 heterocycles. The van der Waals surface area contributed by atoms with Crippen molar-refractivity contribution in [2.45, 2.75) is 33.1 Å². The van der Waals surface area contributed by atoms with Crippen LogP contribution in [0.2, 0.25) is 0 Å². The lowest BCUT2D eigenvalue weighted by Crippen LogP contribution is -2.40. The summed E-state index contributed by atoms with van der Waals surface area (Å²) in [7, 11) is 0. The number of hydrogen-bond acceptors (Lipinski definition) is 3. The van der Waals surface area contributed by atoms with E-state index >= 15 is 0 Å². The molecule has 1 saturated heterocycles. The standard InChI is InChI=1S/C12H18N4/c1-9-10(2)16(12(14)11(9)8-13)15-6-4-3-5-7-15/h3-7,14H2,1-2H3. The van der Waals surface area contributed by atoms with Crippen LogP contribution in [0.5, 0.6) is 0 Å². The maximum absolute atomic E-state index is 9.07. The van der Waals surface area contributed by atoms with Crippen LogP contribution in [-0.4, -0.2) is 17.8 Å². The van der Waals surface area contributed by atoms with Crippen LogP contribution in [0.15, 0.2) is 0 Å². The van der Waals surface area contributed by atoms with Crippen molar-refractivity contribution < 1.29 is 0 Å². The Morgan fingerprint density at radius 1 is 1.19 bits per heavy atom. The quantitative estimate of drug-likeness (QED) is 0.780. The number of piperidine rings is 1. The lowest BCUT2D eigenvalue weighted by molar-refractivity contribution is 0.477. The molecule has 86 valence electrons. The monoisotopic (exact) mass is 218 g/mol. The van der Waals surface area contributed by atoms with Gasteiger partial charge in [-0.25, -0.2) is 4.68 Å².